The molecule has 0 unspecified atom stereocenters. The lowest BCUT2D eigenvalue weighted by Gasteiger charge is -2.29. The van der Waals surface area contributed by atoms with Crippen LogP contribution in [0.3, 0.4) is 0 Å². The highest BCUT2D eigenvalue weighted by atomic mass is 16.6. The molecule has 2 rings (SSSR count). The van der Waals surface area contributed by atoms with Gasteiger partial charge in [0, 0.05) is 6.04 Å². The molecule has 1 amide bonds. The average molecular weight is 255 g/mol. The Hall–Kier alpha value is -1.26. The van der Waals surface area contributed by atoms with Crippen molar-refractivity contribution in [3.63, 3.8) is 0 Å². The van der Waals surface area contributed by atoms with Gasteiger partial charge in [-0.2, -0.15) is 0 Å². The lowest BCUT2D eigenvalue weighted by atomic mass is 9.85. The Balaban J connectivity index is 1.92. The molecule has 18 heavy (non-hydrogen) atoms. The minimum atomic E-state index is -0.738. The van der Waals surface area contributed by atoms with Gasteiger partial charge in [-0.1, -0.05) is 0 Å². The molecule has 0 aliphatic heterocycles. The van der Waals surface area contributed by atoms with Crippen LogP contribution in [0.1, 0.15) is 40.0 Å². The van der Waals surface area contributed by atoms with Gasteiger partial charge in [-0.05, 0) is 51.9 Å². The normalized spacial score (nSPS) is 34.4. The first-order chi connectivity index (χ1) is 8.26. The molecule has 2 fully saturated rings. The fraction of sp³-hybridized carbons (Fsp3) is 0.846. The fourth-order valence-electron chi connectivity index (χ4n) is 3.26. The summed E-state index contributed by atoms with van der Waals surface area (Å²) in [6, 6.07) is -0.0419. The summed E-state index contributed by atoms with van der Waals surface area (Å²) in [6.07, 6.45) is 2.11. The number of alkyl carbamates (subject to hydrolysis) is 1. The van der Waals surface area contributed by atoms with Crippen molar-refractivity contribution < 1.29 is 19.4 Å². The number of nitrogens with one attached hydrogen (secondary N) is 1. The number of hydrogen-bond acceptors (Lipinski definition) is 3. The third-order valence-corrected chi connectivity index (χ3v) is 3.83. The molecule has 2 aliphatic rings. The van der Waals surface area contributed by atoms with Crippen LogP contribution in [0.2, 0.25) is 0 Å². The van der Waals surface area contributed by atoms with E-state index < -0.39 is 17.7 Å². The Morgan fingerprint density at radius 3 is 2.39 bits per heavy atom. The van der Waals surface area contributed by atoms with Crippen molar-refractivity contribution >= 4 is 12.1 Å². The molecule has 2 aliphatic carbocycles. The Bertz CT molecular complexity index is 360. The number of carboxylic acid groups (broad SMARTS) is 1. The third-order valence-electron chi connectivity index (χ3n) is 3.83. The molecule has 0 spiro atoms. The van der Waals surface area contributed by atoms with Crippen LogP contribution in [0.25, 0.3) is 0 Å². The minimum Gasteiger partial charge on any atom is -0.481 e. The quantitative estimate of drug-likeness (QED) is 0.791. The topological polar surface area (TPSA) is 75.6 Å². The van der Waals surface area contributed by atoms with E-state index in [9.17, 15) is 9.59 Å². The summed E-state index contributed by atoms with van der Waals surface area (Å²) in [4.78, 5) is 22.8. The van der Waals surface area contributed by atoms with Crippen LogP contribution in [0, 0.1) is 17.8 Å². The van der Waals surface area contributed by atoms with Crippen molar-refractivity contribution in [1.82, 2.24) is 5.32 Å². The highest BCUT2D eigenvalue weighted by molar-refractivity contribution is 5.72. The van der Waals surface area contributed by atoms with Gasteiger partial charge in [0.1, 0.15) is 5.60 Å². The number of carboxylic acids is 1. The van der Waals surface area contributed by atoms with Crippen LogP contribution >= 0.6 is 0 Å². The van der Waals surface area contributed by atoms with E-state index in [4.69, 9.17) is 9.84 Å². The monoisotopic (exact) mass is 255 g/mol. The summed E-state index contributed by atoms with van der Waals surface area (Å²) < 4.78 is 5.21. The van der Waals surface area contributed by atoms with Gasteiger partial charge >= 0.3 is 12.1 Å². The van der Waals surface area contributed by atoms with Crippen LogP contribution < -0.4 is 5.32 Å². The zero-order valence-corrected chi connectivity index (χ0v) is 11.1. The lowest BCUT2D eigenvalue weighted by molar-refractivity contribution is -0.143. The van der Waals surface area contributed by atoms with Crippen molar-refractivity contribution in [3.8, 4) is 0 Å². The van der Waals surface area contributed by atoms with Crippen LogP contribution in [0.5, 0.6) is 0 Å². The molecule has 2 bridgehead atoms. The molecule has 102 valence electrons. The summed E-state index contributed by atoms with van der Waals surface area (Å²) in [5, 5.41) is 12.0. The highest BCUT2D eigenvalue weighted by Crippen LogP contribution is 2.48. The third kappa shape index (κ3) is 2.76. The van der Waals surface area contributed by atoms with E-state index in [2.05, 4.69) is 5.32 Å². The molecule has 4 atom stereocenters. The van der Waals surface area contributed by atoms with Gasteiger partial charge in [0.2, 0.25) is 0 Å². The van der Waals surface area contributed by atoms with Gasteiger partial charge in [-0.15, -0.1) is 0 Å². The van der Waals surface area contributed by atoms with Crippen molar-refractivity contribution in [2.24, 2.45) is 17.8 Å². The highest BCUT2D eigenvalue weighted by Gasteiger charge is 2.49. The van der Waals surface area contributed by atoms with Gasteiger partial charge in [0.15, 0.2) is 0 Å². The van der Waals surface area contributed by atoms with Gasteiger partial charge < -0.3 is 15.2 Å². The SMILES string of the molecule is CC(C)(C)OC(=O)N[C@@H]1C[C@@H]2C[C@H]1[C@H](C(=O)O)C2. The molecule has 2 saturated carbocycles. The average Bonchev–Trinajstić information content (AvgIpc) is 2.72. The maximum Gasteiger partial charge on any atom is 0.407 e. The van der Waals surface area contributed by atoms with Crippen LogP contribution in [0.15, 0.2) is 0 Å². The molecule has 0 radical (unpaired) electrons. The first-order valence-corrected chi connectivity index (χ1v) is 6.48. The second-order valence-corrected chi connectivity index (χ2v) is 6.43. The zero-order chi connectivity index (χ0) is 13.5. The summed E-state index contributed by atoms with van der Waals surface area (Å²) in [7, 11) is 0. The van der Waals surface area contributed by atoms with Crippen molar-refractivity contribution in [2.45, 2.75) is 51.7 Å². The van der Waals surface area contributed by atoms with Gasteiger partial charge in [0.25, 0.3) is 0 Å². The van der Waals surface area contributed by atoms with E-state index in [0.29, 0.717) is 5.92 Å². The fourth-order valence-corrected chi connectivity index (χ4v) is 3.26. The molecule has 0 aromatic rings. The standard InChI is InChI=1S/C13H21NO4/c1-13(2,3)18-12(17)14-10-6-7-4-8(10)9(5-7)11(15)16/h7-10H,4-6H2,1-3H3,(H,14,17)(H,15,16)/t7-,8+,9-,10-/m1/s1. The smallest absolute Gasteiger partial charge is 0.407 e. The zero-order valence-electron chi connectivity index (χ0n) is 11.1. The number of rotatable bonds is 2. The molecule has 5 heteroatoms. The molecule has 2 N–H and O–H groups in total. The lowest BCUT2D eigenvalue weighted by Crippen LogP contribution is -2.44. The first kappa shape index (κ1) is 13.2. The number of ether oxygens (including phenoxy) is 1. The summed E-state index contributed by atoms with van der Waals surface area (Å²) >= 11 is 0. The number of carbonyl (C=O) groups is 2. The van der Waals surface area contributed by atoms with Crippen molar-refractivity contribution in [2.75, 3.05) is 0 Å². The van der Waals surface area contributed by atoms with Crippen molar-refractivity contribution in [1.29, 1.82) is 0 Å². The van der Waals surface area contributed by atoms with E-state index in [1.54, 1.807) is 0 Å². The first-order valence-electron chi connectivity index (χ1n) is 6.48. The van der Waals surface area contributed by atoms with E-state index in [0.717, 1.165) is 19.3 Å². The molecular weight excluding hydrogens is 234 g/mol. The Morgan fingerprint density at radius 2 is 1.89 bits per heavy atom. The maximum absolute atomic E-state index is 11.7. The van der Waals surface area contributed by atoms with Crippen LogP contribution in [0.4, 0.5) is 4.79 Å². The molecule has 5 nitrogen and oxygen atoms in total. The Labute approximate surface area is 107 Å². The minimum absolute atomic E-state index is 0.0419. The Morgan fingerprint density at radius 1 is 1.22 bits per heavy atom. The van der Waals surface area contributed by atoms with Gasteiger partial charge in [-0.25, -0.2) is 4.79 Å². The van der Waals surface area contributed by atoms with E-state index >= 15 is 0 Å². The number of fused-ring (bicyclic) bond motifs is 2. The number of amides is 1. The molecule has 0 heterocycles. The molecule has 0 aromatic heterocycles. The number of carbonyl (C=O) groups excluding carboxylic acids is 1. The van der Waals surface area contributed by atoms with Gasteiger partial charge in [0.05, 0.1) is 5.92 Å². The summed E-state index contributed by atoms with van der Waals surface area (Å²) in [5.41, 5.74) is -0.520. The predicted octanol–water partition coefficient (Wildman–Crippen LogP) is 2.01. The molecule has 0 saturated heterocycles. The van der Waals surface area contributed by atoms with Crippen LogP contribution in [-0.4, -0.2) is 28.8 Å². The largest absolute Gasteiger partial charge is 0.481 e. The summed E-state index contributed by atoms with van der Waals surface area (Å²) in [5.74, 6) is -0.530. The van der Waals surface area contributed by atoms with Crippen LogP contribution in [-0.2, 0) is 9.53 Å². The second-order valence-electron chi connectivity index (χ2n) is 6.43. The van der Waals surface area contributed by atoms with E-state index in [1.807, 2.05) is 20.8 Å². The van der Waals surface area contributed by atoms with Gasteiger partial charge in [-0.3, -0.25) is 4.79 Å². The number of hydrogen-bond donors (Lipinski definition) is 2. The van der Waals surface area contributed by atoms with E-state index in [-0.39, 0.29) is 17.9 Å². The molecule has 0 aromatic carbocycles. The molecular formula is C13H21NO4. The Kier molecular flexibility index (Phi) is 3.25. The number of aliphatic carboxylic acids is 1. The van der Waals surface area contributed by atoms with E-state index in [1.165, 1.54) is 0 Å². The predicted molar refractivity (Wildman–Crippen MR) is 65.1 cm³/mol. The maximum atomic E-state index is 11.7. The van der Waals surface area contributed by atoms with Crippen molar-refractivity contribution in [3.05, 3.63) is 0 Å². The second kappa shape index (κ2) is 4.44. The summed E-state index contributed by atoms with van der Waals surface area (Å²) in [6.45, 7) is 5.44.